The van der Waals surface area contributed by atoms with E-state index in [4.69, 9.17) is 11.5 Å². The van der Waals surface area contributed by atoms with E-state index in [1.54, 1.807) is 0 Å². The van der Waals surface area contributed by atoms with Crippen LogP contribution in [0.3, 0.4) is 0 Å². The Hall–Kier alpha value is 0.590. The van der Waals surface area contributed by atoms with Crippen LogP contribution >= 0.6 is 0 Å². The first-order chi connectivity index (χ1) is 7.22. The normalized spacial score (nSPS) is 11.9. The third-order valence-electron chi connectivity index (χ3n) is 2.69. The Bertz CT molecular complexity index is 171. The molecular formula is C12H27N2NaO. The monoisotopic (exact) mass is 238 g/mol. The Balaban J connectivity index is -0.000000980. The molecule has 92 valence electrons. The van der Waals surface area contributed by atoms with Crippen LogP contribution in [-0.2, 0) is 4.79 Å². The van der Waals surface area contributed by atoms with Crippen LogP contribution in [0.15, 0.2) is 0 Å². The van der Waals surface area contributed by atoms with Crippen molar-refractivity contribution < 1.29 is 35.8 Å². The standard InChI is InChI=1S/C12H26N2O.Na.H/c1-2-3-4-5-6-7-8-9-12(15)11(14)10-13;;/h11H,2-10,13-14H2,1H3;;/q;+1;-1. The van der Waals surface area contributed by atoms with E-state index in [1.807, 2.05) is 0 Å². The van der Waals surface area contributed by atoms with Crippen molar-refractivity contribution in [3.05, 3.63) is 0 Å². The van der Waals surface area contributed by atoms with Crippen molar-refractivity contribution in [2.75, 3.05) is 6.54 Å². The van der Waals surface area contributed by atoms with Crippen molar-refractivity contribution in [3.63, 3.8) is 0 Å². The molecule has 0 saturated heterocycles. The number of hydrogen-bond donors (Lipinski definition) is 2. The third kappa shape index (κ3) is 11.1. The van der Waals surface area contributed by atoms with Crippen LogP contribution in [0.2, 0.25) is 0 Å². The van der Waals surface area contributed by atoms with Gasteiger partial charge in [-0.2, -0.15) is 0 Å². The molecule has 0 aromatic rings. The Kier molecular flexibility index (Phi) is 16.2. The molecule has 1 unspecified atom stereocenters. The van der Waals surface area contributed by atoms with E-state index >= 15 is 0 Å². The van der Waals surface area contributed by atoms with Crippen LogP contribution in [0.25, 0.3) is 0 Å². The van der Waals surface area contributed by atoms with Gasteiger partial charge in [0, 0.05) is 13.0 Å². The molecule has 16 heavy (non-hydrogen) atoms. The number of rotatable bonds is 10. The number of carbonyl (C=O) groups is 1. The van der Waals surface area contributed by atoms with E-state index in [9.17, 15) is 4.79 Å². The van der Waals surface area contributed by atoms with Gasteiger partial charge in [-0.3, -0.25) is 4.79 Å². The number of unbranched alkanes of at least 4 members (excludes halogenated alkanes) is 6. The minimum Gasteiger partial charge on any atom is -1.00 e. The Morgan fingerprint density at radius 2 is 1.62 bits per heavy atom. The molecule has 0 rings (SSSR count). The molecule has 0 spiro atoms. The molecule has 4 N–H and O–H groups in total. The predicted molar refractivity (Wildman–Crippen MR) is 65.8 cm³/mol. The Morgan fingerprint density at radius 3 is 2.12 bits per heavy atom. The zero-order chi connectivity index (χ0) is 11.5. The molecule has 0 aliphatic carbocycles. The zero-order valence-corrected chi connectivity index (χ0v) is 13.0. The van der Waals surface area contributed by atoms with Gasteiger partial charge in [-0.05, 0) is 6.42 Å². The molecular weight excluding hydrogens is 211 g/mol. The molecule has 0 radical (unpaired) electrons. The summed E-state index contributed by atoms with van der Waals surface area (Å²) >= 11 is 0. The fourth-order valence-corrected chi connectivity index (χ4v) is 1.57. The molecule has 0 heterocycles. The van der Waals surface area contributed by atoms with Gasteiger partial charge < -0.3 is 12.9 Å². The van der Waals surface area contributed by atoms with Gasteiger partial charge in [-0.15, -0.1) is 0 Å². The predicted octanol–water partition coefficient (Wildman–Crippen LogP) is -0.901. The summed E-state index contributed by atoms with van der Waals surface area (Å²) in [5.41, 5.74) is 10.8. The summed E-state index contributed by atoms with van der Waals surface area (Å²) in [6.07, 6.45) is 9.20. The minimum absolute atomic E-state index is 0. The average Bonchev–Trinajstić information content (AvgIpc) is 2.26. The van der Waals surface area contributed by atoms with Crippen LogP contribution in [-0.4, -0.2) is 18.4 Å². The summed E-state index contributed by atoms with van der Waals surface area (Å²) in [6.45, 7) is 2.49. The number of carbonyl (C=O) groups excluding carboxylic acids is 1. The first kappa shape index (κ1) is 18.9. The smallest absolute Gasteiger partial charge is 1.00 e. The summed E-state index contributed by atoms with van der Waals surface area (Å²) in [5.74, 6) is 0.117. The fourth-order valence-electron chi connectivity index (χ4n) is 1.57. The molecule has 0 aliphatic rings. The summed E-state index contributed by atoms with van der Waals surface area (Å²) in [6, 6.07) is -0.440. The Labute approximate surface area is 123 Å². The second-order valence-electron chi connectivity index (χ2n) is 4.18. The van der Waals surface area contributed by atoms with Crippen molar-refractivity contribution in [1.29, 1.82) is 0 Å². The fraction of sp³-hybridized carbons (Fsp3) is 0.917. The van der Waals surface area contributed by atoms with Gasteiger partial charge in [0.25, 0.3) is 0 Å². The van der Waals surface area contributed by atoms with Crippen LogP contribution in [0, 0.1) is 0 Å². The molecule has 0 amide bonds. The van der Waals surface area contributed by atoms with Gasteiger partial charge in [0.15, 0.2) is 5.78 Å². The molecule has 0 bridgehead atoms. The number of Topliss-reactive ketones (excluding diaryl/α,β-unsaturated/α-hetero) is 1. The first-order valence-electron chi connectivity index (χ1n) is 6.20. The van der Waals surface area contributed by atoms with Gasteiger partial charge in [-0.1, -0.05) is 45.4 Å². The van der Waals surface area contributed by atoms with E-state index < -0.39 is 6.04 Å². The van der Waals surface area contributed by atoms with Gasteiger partial charge in [0.1, 0.15) is 0 Å². The summed E-state index contributed by atoms with van der Waals surface area (Å²) in [5, 5.41) is 0. The van der Waals surface area contributed by atoms with E-state index in [-0.39, 0.29) is 43.3 Å². The minimum atomic E-state index is -0.440. The quantitative estimate of drug-likeness (QED) is 0.383. The number of hydrogen-bond acceptors (Lipinski definition) is 3. The largest absolute Gasteiger partial charge is 1.00 e. The van der Waals surface area contributed by atoms with Crippen molar-refractivity contribution >= 4 is 5.78 Å². The van der Waals surface area contributed by atoms with E-state index in [0.717, 1.165) is 12.8 Å². The molecule has 0 aliphatic heterocycles. The number of ketones is 1. The zero-order valence-electron chi connectivity index (χ0n) is 12.0. The van der Waals surface area contributed by atoms with Crippen LogP contribution in [0.4, 0.5) is 0 Å². The molecule has 3 nitrogen and oxygen atoms in total. The molecule has 4 heteroatoms. The van der Waals surface area contributed by atoms with Crippen molar-refractivity contribution in [1.82, 2.24) is 0 Å². The van der Waals surface area contributed by atoms with Gasteiger partial charge in [0.05, 0.1) is 6.04 Å². The number of nitrogens with two attached hydrogens (primary N) is 2. The topological polar surface area (TPSA) is 69.1 Å². The first-order valence-corrected chi connectivity index (χ1v) is 6.20. The summed E-state index contributed by atoms with van der Waals surface area (Å²) in [7, 11) is 0. The van der Waals surface area contributed by atoms with E-state index in [1.165, 1.54) is 32.1 Å². The van der Waals surface area contributed by atoms with Crippen molar-refractivity contribution in [3.8, 4) is 0 Å². The molecule has 0 aromatic carbocycles. The van der Waals surface area contributed by atoms with Gasteiger partial charge >= 0.3 is 29.6 Å². The van der Waals surface area contributed by atoms with Crippen LogP contribution in [0.1, 0.15) is 59.7 Å². The van der Waals surface area contributed by atoms with Crippen LogP contribution in [0.5, 0.6) is 0 Å². The summed E-state index contributed by atoms with van der Waals surface area (Å²) < 4.78 is 0. The maximum absolute atomic E-state index is 11.3. The molecule has 0 saturated carbocycles. The van der Waals surface area contributed by atoms with E-state index in [0.29, 0.717) is 6.42 Å². The van der Waals surface area contributed by atoms with Crippen molar-refractivity contribution in [2.45, 2.75) is 64.3 Å². The summed E-state index contributed by atoms with van der Waals surface area (Å²) in [4.78, 5) is 11.3. The maximum atomic E-state index is 11.3. The molecule has 0 aromatic heterocycles. The molecule has 1 atom stereocenters. The maximum Gasteiger partial charge on any atom is 1.00 e. The van der Waals surface area contributed by atoms with E-state index in [2.05, 4.69) is 6.92 Å². The average molecular weight is 238 g/mol. The van der Waals surface area contributed by atoms with Crippen molar-refractivity contribution in [2.24, 2.45) is 11.5 Å². The molecule has 0 fully saturated rings. The van der Waals surface area contributed by atoms with Crippen LogP contribution < -0.4 is 41.0 Å². The Morgan fingerprint density at radius 1 is 1.12 bits per heavy atom. The second kappa shape index (κ2) is 13.7. The third-order valence-corrected chi connectivity index (χ3v) is 2.69. The van der Waals surface area contributed by atoms with Gasteiger partial charge in [0.2, 0.25) is 0 Å². The SMILES string of the molecule is CCCCCCCCCC(=O)C(N)CN.[H-].[Na+]. The second-order valence-corrected chi connectivity index (χ2v) is 4.18. The van der Waals surface area contributed by atoms with Gasteiger partial charge in [-0.25, -0.2) is 0 Å².